The van der Waals surface area contributed by atoms with Gasteiger partial charge in [0, 0.05) is 32.4 Å². The molecule has 0 atom stereocenters. The molecule has 1 heterocycles. The Bertz CT molecular complexity index is 892. The molecule has 0 fully saturated rings. The summed E-state index contributed by atoms with van der Waals surface area (Å²) in [6, 6.07) is 4.73. The first kappa shape index (κ1) is 20.8. The van der Waals surface area contributed by atoms with Crippen molar-refractivity contribution in [3.63, 3.8) is 0 Å². The van der Waals surface area contributed by atoms with Crippen molar-refractivity contribution in [3.8, 4) is 0 Å². The van der Waals surface area contributed by atoms with E-state index in [0.29, 0.717) is 31.7 Å². The molecule has 1 aliphatic rings. The van der Waals surface area contributed by atoms with Crippen LogP contribution in [0.4, 0.5) is 5.69 Å². The summed E-state index contributed by atoms with van der Waals surface area (Å²) in [4.78, 5) is 14.2. The molecule has 2 rings (SSSR count). The summed E-state index contributed by atoms with van der Waals surface area (Å²) >= 11 is 0. The molecule has 0 aliphatic carbocycles. The average molecular weight is 404 g/mol. The molecule has 0 spiro atoms. The number of likely N-dealkylation sites (N-methyl/N-ethyl adjacent to an activating group) is 1. The molecule has 1 amide bonds. The van der Waals surface area contributed by atoms with Crippen LogP contribution in [-0.2, 0) is 31.3 Å². The van der Waals surface area contributed by atoms with Crippen molar-refractivity contribution < 1.29 is 21.6 Å². The summed E-state index contributed by atoms with van der Waals surface area (Å²) in [5.41, 5.74) is 1.41. The van der Waals surface area contributed by atoms with Crippen LogP contribution < -0.4 is 4.90 Å². The van der Waals surface area contributed by atoms with Gasteiger partial charge in [-0.1, -0.05) is 13.8 Å². The number of carbonyl (C=O) groups excluding carboxylic acids is 1. The van der Waals surface area contributed by atoms with E-state index in [1.807, 2.05) is 0 Å². The molecule has 0 aromatic heterocycles. The van der Waals surface area contributed by atoms with Crippen LogP contribution in [0.5, 0.6) is 0 Å². The molecule has 0 unspecified atom stereocenters. The molecule has 0 saturated carbocycles. The monoisotopic (exact) mass is 403 g/mol. The van der Waals surface area contributed by atoms with E-state index < -0.39 is 20.0 Å². The largest absolute Gasteiger partial charge is 0.311 e. The second kappa shape index (κ2) is 7.63. The van der Waals surface area contributed by atoms with Crippen molar-refractivity contribution in [1.82, 2.24) is 8.61 Å². The molecule has 0 radical (unpaired) electrons. The topological polar surface area (TPSA) is 95.1 Å². The maximum Gasteiger partial charge on any atom is 0.243 e. The van der Waals surface area contributed by atoms with Gasteiger partial charge in [0.2, 0.25) is 26.0 Å². The van der Waals surface area contributed by atoms with Crippen molar-refractivity contribution >= 4 is 31.6 Å². The summed E-state index contributed by atoms with van der Waals surface area (Å²) in [6.07, 6.45) is 1.58. The number of rotatable bonds is 7. The van der Waals surface area contributed by atoms with Gasteiger partial charge >= 0.3 is 0 Å². The van der Waals surface area contributed by atoms with Crippen LogP contribution in [-0.4, -0.2) is 70.8 Å². The fourth-order valence-corrected chi connectivity index (χ4v) is 4.76. The minimum atomic E-state index is -3.56. The standard InChI is InChI=1S/C16H25N3O5S2/c1-5-18(6-2)26(23,24)14-7-8-15-13(11-14)9-10-19(15)16(20)12-17(3)25(4,21)22/h7-8,11H,5-6,9-10,12H2,1-4H3. The number of anilines is 1. The highest BCUT2D eigenvalue weighted by Crippen LogP contribution is 2.31. The lowest BCUT2D eigenvalue weighted by Crippen LogP contribution is -2.40. The van der Waals surface area contributed by atoms with Gasteiger partial charge in [0.15, 0.2) is 0 Å². The van der Waals surface area contributed by atoms with E-state index >= 15 is 0 Å². The Balaban J connectivity index is 2.27. The Morgan fingerprint density at radius 2 is 1.77 bits per heavy atom. The van der Waals surface area contributed by atoms with Crippen LogP contribution in [0.3, 0.4) is 0 Å². The van der Waals surface area contributed by atoms with Gasteiger partial charge in [-0.3, -0.25) is 4.79 Å². The van der Waals surface area contributed by atoms with Gasteiger partial charge in [0.05, 0.1) is 17.7 Å². The summed E-state index contributed by atoms with van der Waals surface area (Å²) in [5, 5.41) is 0. The third-order valence-electron chi connectivity index (χ3n) is 4.51. The van der Waals surface area contributed by atoms with Gasteiger partial charge in [-0.15, -0.1) is 0 Å². The molecule has 0 bridgehead atoms. The molecular weight excluding hydrogens is 378 g/mol. The van der Waals surface area contributed by atoms with Crippen LogP contribution in [0.25, 0.3) is 0 Å². The Morgan fingerprint density at radius 1 is 1.15 bits per heavy atom. The zero-order valence-corrected chi connectivity index (χ0v) is 17.1. The molecule has 0 N–H and O–H groups in total. The SMILES string of the molecule is CCN(CC)S(=O)(=O)c1ccc2c(c1)CCN2C(=O)CN(C)S(C)(=O)=O. The predicted octanol–water partition coefficient (Wildman–Crippen LogP) is 0.498. The quantitative estimate of drug-likeness (QED) is 0.661. The minimum Gasteiger partial charge on any atom is -0.311 e. The number of amides is 1. The van der Waals surface area contributed by atoms with E-state index in [2.05, 4.69) is 0 Å². The van der Waals surface area contributed by atoms with Crippen molar-refractivity contribution in [2.75, 3.05) is 44.4 Å². The van der Waals surface area contributed by atoms with E-state index in [1.165, 1.54) is 22.3 Å². The van der Waals surface area contributed by atoms with Gasteiger partial charge in [-0.25, -0.2) is 16.8 Å². The highest BCUT2D eigenvalue weighted by Gasteiger charge is 2.29. The predicted molar refractivity (Wildman–Crippen MR) is 100 cm³/mol. The number of carbonyl (C=O) groups is 1. The third kappa shape index (κ3) is 4.08. The maximum absolute atomic E-state index is 12.6. The highest BCUT2D eigenvalue weighted by molar-refractivity contribution is 7.89. The van der Waals surface area contributed by atoms with Gasteiger partial charge in [-0.2, -0.15) is 8.61 Å². The molecule has 0 saturated heterocycles. The summed E-state index contributed by atoms with van der Waals surface area (Å²) in [6.45, 7) is 4.50. The average Bonchev–Trinajstić information content (AvgIpc) is 2.97. The number of hydrogen-bond acceptors (Lipinski definition) is 5. The fourth-order valence-electron chi connectivity index (χ4n) is 2.90. The van der Waals surface area contributed by atoms with Crippen LogP contribution in [0.1, 0.15) is 19.4 Å². The van der Waals surface area contributed by atoms with Gasteiger partial charge in [0.1, 0.15) is 0 Å². The minimum absolute atomic E-state index is 0.211. The Morgan fingerprint density at radius 3 is 2.31 bits per heavy atom. The third-order valence-corrected chi connectivity index (χ3v) is 7.82. The summed E-state index contributed by atoms with van der Waals surface area (Å²) in [7, 11) is -5.65. The maximum atomic E-state index is 12.6. The van der Waals surface area contributed by atoms with Crippen LogP contribution in [0.2, 0.25) is 0 Å². The number of sulfonamides is 2. The molecule has 1 aromatic carbocycles. The summed E-state index contributed by atoms with van der Waals surface area (Å²) < 4.78 is 50.6. The second-order valence-electron chi connectivity index (χ2n) is 6.19. The zero-order chi connectivity index (χ0) is 19.7. The Hall–Kier alpha value is -1.49. The zero-order valence-electron chi connectivity index (χ0n) is 15.5. The molecular formula is C16H25N3O5S2. The van der Waals surface area contributed by atoms with E-state index in [1.54, 1.807) is 26.0 Å². The summed E-state index contributed by atoms with van der Waals surface area (Å²) in [5.74, 6) is -0.337. The molecule has 10 heteroatoms. The highest BCUT2D eigenvalue weighted by atomic mass is 32.2. The van der Waals surface area contributed by atoms with Crippen LogP contribution >= 0.6 is 0 Å². The lowest BCUT2D eigenvalue weighted by molar-refractivity contribution is -0.118. The second-order valence-corrected chi connectivity index (χ2v) is 10.2. The number of fused-ring (bicyclic) bond motifs is 1. The van der Waals surface area contributed by atoms with E-state index in [0.717, 1.165) is 16.1 Å². The van der Waals surface area contributed by atoms with E-state index in [-0.39, 0.29) is 17.3 Å². The molecule has 1 aliphatic heterocycles. The number of nitrogens with zero attached hydrogens (tertiary/aromatic N) is 3. The molecule has 1 aromatic rings. The lowest BCUT2D eigenvalue weighted by atomic mass is 10.2. The van der Waals surface area contributed by atoms with Crippen molar-refractivity contribution in [3.05, 3.63) is 23.8 Å². The first-order valence-corrected chi connectivity index (χ1v) is 11.7. The first-order chi connectivity index (χ1) is 12.0. The van der Waals surface area contributed by atoms with Crippen molar-refractivity contribution in [2.45, 2.75) is 25.2 Å². The Kier molecular flexibility index (Phi) is 6.11. The molecule has 8 nitrogen and oxygen atoms in total. The number of hydrogen-bond donors (Lipinski definition) is 0. The molecule has 26 heavy (non-hydrogen) atoms. The van der Waals surface area contributed by atoms with Crippen molar-refractivity contribution in [1.29, 1.82) is 0 Å². The lowest BCUT2D eigenvalue weighted by Gasteiger charge is -2.22. The van der Waals surface area contributed by atoms with E-state index in [9.17, 15) is 21.6 Å². The number of benzene rings is 1. The normalized spacial score (nSPS) is 14.9. The van der Waals surface area contributed by atoms with Gasteiger partial charge in [-0.05, 0) is 30.2 Å². The van der Waals surface area contributed by atoms with Gasteiger partial charge in [0.25, 0.3) is 0 Å². The van der Waals surface area contributed by atoms with E-state index in [4.69, 9.17) is 0 Å². The van der Waals surface area contributed by atoms with Gasteiger partial charge < -0.3 is 4.90 Å². The van der Waals surface area contributed by atoms with Crippen LogP contribution in [0, 0.1) is 0 Å². The smallest absolute Gasteiger partial charge is 0.243 e. The Labute approximate surface area is 155 Å². The molecule has 146 valence electrons. The fraction of sp³-hybridized carbons (Fsp3) is 0.562. The first-order valence-electron chi connectivity index (χ1n) is 8.37. The van der Waals surface area contributed by atoms with Crippen molar-refractivity contribution in [2.24, 2.45) is 0 Å². The van der Waals surface area contributed by atoms with Crippen LogP contribution in [0.15, 0.2) is 23.1 Å².